The Hall–Kier alpha value is -2.87. The Morgan fingerprint density at radius 3 is 2.22 bits per heavy atom. The van der Waals surface area contributed by atoms with Gasteiger partial charge in [-0.25, -0.2) is 8.42 Å². The van der Waals surface area contributed by atoms with Crippen LogP contribution in [0.2, 0.25) is 0 Å². The number of hydrogen-bond acceptors (Lipinski definition) is 4. The molecule has 0 aliphatic carbocycles. The molecule has 0 atom stereocenters. The van der Waals surface area contributed by atoms with Gasteiger partial charge in [0.2, 0.25) is 15.9 Å². The zero-order chi connectivity index (χ0) is 20.0. The van der Waals surface area contributed by atoms with E-state index in [1.54, 1.807) is 55.5 Å². The maximum absolute atomic E-state index is 12.4. The second-order valence-corrected chi connectivity index (χ2v) is 7.95. The number of carbonyl (C=O) groups is 2. The van der Waals surface area contributed by atoms with Crippen molar-refractivity contribution in [2.24, 2.45) is 0 Å². The third-order valence-corrected chi connectivity index (χ3v) is 4.97. The van der Waals surface area contributed by atoms with Crippen molar-refractivity contribution in [1.29, 1.82) is 0 Å². The average Bonchev–Trinajstić information content (AvgIpc) is 2.60. The normalized spacial score (nSPS) is 10.9. The standard InChI is InChI=1S/C19H23N3O4S/c1-4-20-19(24)15-9-11-16(12-10-15)21-18(23)13-22(27(3,25)26)17-8-6-5-7-14(17)2/h5-12H,4,13H2,1-3H3,(H,20,24)(H,21,23). The summed E-state index contributed by atoms with van der Waals surface area (Å²) < 4.78 is 25.4. The van der Waals surface area contributed by atoms with E-state index >= 15 is 0 Å². The summed E-state index contributed by atoms with van der Waals surface area (Å²) in [4.78, 5) is 24.1. The van der Waals surface area contributed by atoms with Gasteiger partial charge in [-0.05, 0) is 49.7 Å². The third kappa shape index (κ3) is 5.55. The monoisotopic (exact) mass is 389 g/mol. The number of hydrogen-bond donors (Lipinski definition) is 2. The van der Waals surface area contributed by atoms with Crippen molar-refractivity contribution < 1.29 is 18.0 Å². The van der Waals surface area contributed by atoms with Gasteiger partial charge in [0.1, 0.15) is 6.54 Å². The summed E-state index contributed by atoms with van der Waals surface area (Å²) in [7, 11) is -3.63. The number of rotatable bonds is 7. The summed E-state index contributed by atoms with van der Waals surface area (Å²) in [6.45, 7) is 3.79. The van der Waals surface area contributed by atoms with Gasteiger partial charge < -0.3 is 10.6 Å². The average molecular weight is 389 g/mol. The highest BCUT2D eigenvalue weighted by Gasteiger charge is 2.22. The number of para-hydroxylation sites is 1. The molecule has 0 aliphatic heterocycles. The second-order valence-electron chi connectivity index (χ2n) is 6.04. The first-order valence-electron chi connectivity index (χ1n) is 8.44. The van der Waals surface area contributed by atoms with E-state index in [4.69, 9.17) is 0 Å². The Kier molecular flexibility index (Phi) is 6.57. The van der Waals surface area contributed by atoms with Crippen LogP contribution in [0.4, 0.5) is 11.4 Å². The van der Waals surface area contributed by atoms with Crippen molar-refractivity contribution in [1.82, 2.24) is 5.32 Å². The van der Waals surface area contributed by atoms with Gasteiger partial charge in [-0.2, -0.15) is 0 Å². The Morgan fingerprint density at radius 2 is 1.67 bits per heavy atom. The molecule has 0 aliphatic rings. The van der Waals surface area contributed by atoms with Crippen molar-refractivity contribution in [2.75, 3.05) is 29.0 Å². The molecule has 0 heterocycles. The topological polar surface area (TPSA) is 95.6 Å². The van der Waals surface area contributed by atoms with Gasteiger partial charge in [0, 0.05) is 17.8 Å². The molecule has 2 N–H and O–H groups in total. The molecule has 144 valence electrons. The number of benzene rings is 2. The van der Waals surface area contributed by atoms with E-state index in [-0.39, 0.29) is 12.5 Å². The number of carbonyl (C=O) groups excluding carboxylic acids is 2. The molecule has 0 saturated carbocycles. The fourth-order valence-electron chi connectivity index (χ4n) is 2.52. The minimum absolute atomic E-state index is 0.196. The number of aryl methyl sites for hydroxylation is 1. The van der Waals surface area contributed by atoms with E-state index in [2.05, 4.69) is 10.6 Å². The van der Waals surface area contributed by atoms with Crippen LogP contribution in [0, 0.1) is 6.92 Å². The number of nitrogens with zero attached hydrogens (tertiary/aromatic N) is 1. The highest BCUT2D eigenvalue weighted by atomic mass is 32.2. The largest absolute Gasteiger partial charge is 0.352 e. The van der Waals surface area contributed by atoms with Crippen LogP contribution in [0.1, 0.15) is 22.8 Å². The molecule has 7 nitrogen and oxygen atoms in total. The highest BCUT2D eigenvalue weighted by Crippen LogP contribution is 2.22. The summed E-state index contributed by atoms with van der Waals surface area (Å²) in [5.41, 5.74) is 2.17. The SMILES string of the molecule is CCNC(=O)c1ccc(NC(=O)CN(c2ccccc2C)S(C)(=O)=O)cc1. The van der Waals surface area contributed by atoms with Crippen molar-refractivity contribution in [3.63, 3.8) is 0 Å². The predicted molar refractivity (Wildman–Crippen MR) is 106 cm³/mol. The first-order chi connectivity index (χ1) is 12.7. The van der Waals surface area contributed by atoms with E-state index in [1.165, 1.54) is 0 Å². The van der Waals surface area contributed by atoms with Gasteiger partial charge in [0.15, 0.2) is 0 Å². The predicted octanol–water partition coefficient (Wildman–Crippen LogP) is 2.15. The summed E-state index contributed by atoms with van der Waals surface area (Å²) in [5, 5.41) is 5.34. The lowest BCUT2D eigenvalue weighted by molar-refractivity contribution is -0.114. The van der Waals surface area contributed by atoms with Crippen LogP contribution in [-0.4, -0.2) is 39.6 Å². The molecule has 0 spiro atoms. The van der Waals surface area contributed by atoms with Crippen LogP contribution in [0.25, 0.3) is 0 Å². The third-order valence-electron chi connectivity index (χ3n) is 3.84. The zero-order valence-corrected chi connectivity index (χ0v) is 16.3. The Labute approximate surface area is 159 Å². The Balaban J connectivity index is 2.13. The molecule has 0 radical (unpaired) electrons. The van der Waals surface area contributed by atoms with Gasteiger partial charge in [-0.1, -0.05) is 18.2 Å². The first kappa shape index (κ1) is 20.4. The van der Waals surface area contributed by atoms with Crippen LogP contribution >= 0.6 is 0 Å². The fourth-order valence-corrected chi connectivity index (χ4v) is 3.44. The van der Waals surface area contributed by atoms with Gasteiger partial charge >= 0.3 is 0 Å². The molecule has 0 unspecified atom stereocenters. The van der Waals surface area contributed by atoms with E-state index in [0.29, 0.717) is 23.5 Å². The molecular formula is C19H23N3O4S. The Morgan fingerprint density at radius 1 is 1.04 bits per heavy atom. The minimum atomic E-state index is -3.63. The lowest BCUT2D eigenvalue weighted by Gasteiger charge is -2.23. The van der Waals surface area contributed by atoms with Crippen LogP contribution in [0.5, 0.6) is 0 Å². The molecular weight excluding hydrogens is 366 g/mol. The maximum Gasteiger partial charge on any atom is 0.251 e. The summed E-state index contributed by atoms with van der Waals surface area (Å²) in [5.74, 6) is -0.674. The molecule has 0 bridgehead atoms. The highest BCUT2D eigenvalue weighted by molar-refractivity contribution is 7.92. The lowest BCUT2D eigenvalue weighted by Crippen LogP contribution is -2.37. The van der Waals surface area contributed by atoms with Crippen LogP contribution < -0.4 is 14.9 Å². The molecule has 2 aromatic carbocycles. The zero-order valence-electron chi connectivity index (χ0n) is 15.5. The van der Waals surface area contributed by atoms with Crippen molar-refractivity contribution in [3.8, 4) is 0 Å². The molecule has 0 saturated heterocycles. The fraction of sp³-hybridized carbons (Fsp3) is 0.263. The maximum atomic E-state index is 12.4. The number of nitrogens with one attached hydrogen (secondary N) is 2. The van der Waals surface area contributed by atoms with Crippen molar-refractivity contribution in [3.05, 3.63) is 59.7 Å². The van der Waals surface area contributed by atoms with Crippen LogP contribution in [0.15, 0.2) is 48.5 Å². The van der Waals surface area contributed by atoms with E-state index < -0.39 is 15.9 Å². The van der Waals surface area contributed by atoms with E-state index in [9.17, 15) is 18.0 Å². The summed E-state index contributed by atoms with van der Waals surface area (Å²) in [6.07, 6.45) is 1.06. The second kappa shape index (κ2) is 8.68. The lowest BCUT2D eigenvalue weighted by atomic mass is 10.2. The smallest absolute Gasteiger partial charge is 0.251 e. The van der Waals surface area contributed by atoms with E-state index in [0.717, 1.165) is 16.1 Å². The van der Waals surface area contributed by atoms with Gasteiger partial charge in [-0.15, -0.1) is 0 Å². The summed E-state index contributed by atoms with van der Waals surface area (Å²) >= 11 is 0. The van der Waals surface area contributed by atoms with Gasteiger partial charge in [0.05, 0.1) is 11.9 Å². The molecule has 8 heteroatoms. The van der Waals surface area contributed by atoms with Gasteiger partial charge in [-0.3, -0.25) is 13.9 Å². The quantitative estimate of drug-likeness (QED) is 0.758. The Bertz CT molecular complexity index is 924. The van der Waals surface area contributed by atoms with Crippen LogP contribution in [-0.2, 0) is 14.8 Å². The first-order valence-corrected chi connectivity index (χ1v) is 10.3. The molecule has 2 amide bonds. The van der Waals surface area contributed by atoms with Crippen molar-refractivity contribution >= 4 is 33.2 Å². The van der Waals surface area contributed by atoms with Crippen molar-refractivity contribution in [2.45, 2.75) is 13.8 Å². The molecule has 0 fully saturated rings. The van der Waals surface area contributed by atoms with Gasteiger partial charge in [0.25, 0.3) is 5.91 Å². The number of anilines is 2. The molecule has 0 aromatic heterocycles. The molecule has 2 aromatic rings. The molecule has 2 rings (SSSR count). The van der Waals surface area contributed by atoms with Crippen LogP contribution in [0.3, 0.4) is 0 Å². The summed E-state index contributed by atoms with van der Waals surface area (Å²) in [6, 6.07) is 13.3. The number of sulfonamides is 1. The number of amides is 2. The van der Waals surface area contributed by atoms with E-state index in [1.807, 2.05) is 6.92 Å². The molecule has 27 heavy (non-hydrogen) atoms. The minimum Gasteiger partial charge on any atom is -0.352 e.